The van der Waals surface area contributed by atoms with Crippen LogP contribution in [0, 0.1) is 5.41 Å². The highest BCUT2D eigenvalue weighted by atomic mass is 32.2. The molecule has 0 radical (unpaired) electrons. The van der Waals surface area contributed by atoms with Crippen LogP contribution < -0.4 is 4.90 Å². The average Bonchev–Trinajstić information content (AvgIpc) is 3.02. The summed E-state index contributed by atoms with van der Waals surface area (Å²) in [6.07, 6.45) is 6.80. The normalized spacial score (nSPS) is 31.9. The van der Waals surface area contributed by atoms with Crippen molar-refractivity contribution in [3.8, 4) is 0 Å². The van der Waals surface area contributed by atoms with E-state index >= 15 is 0 Å². The summed E-state index contributed by atoms with van der Waals surface area (Å²) in [7, 11) is -3.21. The lowest BCUT2D eigenvalue weighted by molar-refractivity contribution is 0.0944. The molecule has 3 atom stereocenters. The van der Waals surface area contributed by atoms with E-state index < -0.39 is 9.84 Å². The lowest BCUT2D eigenvalue weighted by Crippen LogP contribution is -2.40. The largest absolute Gasteiger partial charge is 0.396 e. The molecule has 0 aliphatic carbocycles. The van der Waals surface area contributed by atoms with E-state index in [0.717, 1.165) is 31.5 Å². The first-order chi connectivity index (χ1) is 9.91. The van der Waals surface area contributed by atoms with Crippen LogP contribution in [0.4, 0.5) is 5.82 Å². The maximum atomic E-state index is 11.5. The minimum Gasteiger partial charge on any atom is -0.396 e. The predicted molar refractivity (Wildman–Crippen MR) is 81.1 cm³/mol. The number of aromatic nitrogens is 1. The Balaban J connectivity index is 1.92. The molecule has 0 spiro atoms. The number of nitrogens with zero attached hydrogens (tertiary/aromatic N) is 2. The number of sulfone groups is 1. The van der Waals surface area contributed by atoms with Gasteiger partial charge in [-0.2, -0.15) is 0 Å². The molecule has 1 aromatic rings. The minimum atomic E-state index is -3.21. The van der Waals surface area contributed by atoms with E-state index in [1.54, 1.807) is 12.1 Å². The molecule has 0 saturated carbocycles. The monoisotopic (exact) mass is 310 g/mol. The van der Waals surface area contributed by atoms with Crippen molar-refractivity contribution in [3.05, 3.63) is 18.3 Å². The third-order valence-corrected chi connectivity index (χ3v) is 6.38. The second-order valence-corrected chi connectivity index (χ2v) is 8.37. The summed E-state index contributed by atoms with van der Waals surface area (Å²) in [5.74, 6) is 0.832. The molecule has 2 aliphatic rings. The summed E-state index contributed by atoms with van der Waals surface area (Å²) in [5.41, 5.74) is -0.0277. The molecule has 2 saturated heterocycles. The number of rotatable bonds is 4. The van der Waals surface area contributed by atoms with Gasteiger partial charge >= 0.3 is 0 Å². The van der Waals surface area contributed by atoms with Gasteiger partial charge in [-0.3, -0.25) is 0 Å². The van der Waals surface area contributed by atoms with Crippen LogP contribution in [-0.4, -0.2) is 43.5 Å². The number of pyridine rings is 1. The van der Waals surface area contributed by atoms with E-state index in [1.165, 1.54) is 12.5 Å². The highest BCUT2D eigenvalue weighted by Gasteiger charge is 2.54. The lowest BCUT2D eigenvalue weighted by Gasteiger charge is -2.35. The maximum Gasteiger partial charge on any atom is 0.177 e. The Morgan fingerprint density at radius 2 is 2.19 bits per heavy atom. The van der Waals surface area contributed by atoms with E-state index in [9.17, 15) is 13.5 Å². The molecular formula is C15H22N2O3S. The van der Waals surface area contributed by atoms with Crippen molar-refractivity contribution < 1.29 is 13.5 Å². The van der Waals surface area contributed by atoms with Gasteiger partial charge in [0.25, 0.3) is 0 Å². The Labute approximate surface area is 125 Å². The van der Waals surface area contributed by atoms with Gasteiger partial charge in [0, 0.05) is 30.0 Å². The zero-order valence-electron chi connectivity index (χ0n) is 12.5. The number of hydrogen-bond acceptors (Lipinski definition) is 5. The molecule has 0 aromatic carbocycles. The highest BCUT2D eigenvalue weighted by Crippen LogP contribution is 2.52. The Hall–Kier alpha value is -1.14. The zero-order chi connectivity index (χ0) is 15.3. The van der Waals surface area contributed by atoms with E-state index in [1.807, 2.05) is 0 Å². The van der Waals surface area contributed by atoms with Gasteiger partial charge in [-0.15, -0.1) is 0 Å². The topological polar surface area (TPSA) is 70.5 Å². The van der Waals surface area contributed by atoms with Crippen molar-refractivity contribution >= 4 is 15.7 Å². The highest BCUT2D eigenvalue weighted by molar-refractivity contribution is 7.90. The molecule has 1 aromatic heterocycles. The Morgan fingerprint density at radius 1 is 1.43 bits per heavy atom. The Bertz CT molecular complexity index is 623. The van der Waals surface area contributed by atoms with E-state index in [-0.39, 0.29) is 16.9 Å². The number of fused-ring (bicyclic) bond motifs is 2. The summed E-state index contributed by atoms with van der Waals surface area (Å²) in [6, 6.07) is 4.15. The molecular weight excluding hydrogens is 288 g/mol. The van der Waals surface area contributed by atoms with Crippen LogP contribution in [0.5, 0.6) is 0 Å². The molecule has 5 nitrogen and oxygen atoms in total. The van der Waals surface area contributed by atoms with Gasteiger partial charge < -0.3 is 10.0 Å². The van der Waals surface area contributed by atoms with Crippen LogP contribution in [0.2, 0.25) is 0 Å². The molecule has 0 unspecified atom stereocenters. The number of anilines is 1. The van der Waals surface area contributed by atoms with Crippen molar-refractivity contribution in [1.29, 1.82) is 0 Å². The summed E-state index contributed by atoms with van der Waals surface area (Å²) < 4.78 is 23.0. The average molecular weight is 310 g/mol. The van der Waals surface area contributed by atoms with Crippen LogP contribution in [0.3, 0.4) is 0 Å². The van der Waals surface area contributed by atoms with Crippen LogP contribution in [0.1, 0.15) is 32.6 Å². The molecule has 1 N–H and O–H groups in total. The van der Waals surface area contributed by atoms with Gasteiger partial charge in [0.05, 0.1) is 11.5 Å². The molecule has 0 amide bonds. The smallest absolute Gasteiger partial charge is 0.177 e. The molecule has 21 heavy (non-hydrogen) atoms. The van der Waals surface area contributed by atoms with E-state index in [0.29, 0.717) is 12.1 Å². The molecule has 3 rings (SSSR count). The first-order valence-electron chi connectivity index (χ1n) is 7.46. The second-order valence-electron chi connectivity index (χ2n) is 6.36. The maximum absolute atomic E-state index is 11.5. The molecule has 3 heterocycles. The van der Waals surface area contributed by atoms with Crippen molar-refractivity contribution in [2.45, 2.75) is 49.6 Å². The second kappa shape index (κ2) is 4.95. The third-order valence-electron chi connectivity index (χ3n) is 5.28. The fourth-order valence-corrected chi connectivity index (χ4v) is 4.60. The predicted octanol–water partition coefficient (Wildman–Crippen LogP) is 1.61. The molecule has 2 bridgehead atoms. The van der Waals surface area contributed by atoms with Crippen molar-refractivity contribution in [2.75, 3.05) is 17.8 Å². The lowest BCUT2D eigenvalue weighted by atomic mass is 9.72. The van der Waals surface area contributed by atoms with Crippen molar-refractivity contribution in [1.82, 2.24) is 4.98 Å². The fourth-order valence-electron chi connectivity index (χ4n) is 4.04. The third kappa shape index (κ3) is 2.25. The number of aliphatic hydroxyl groups is 1. The van der Waals surface area contributed by atoms with Gasteiger partial charge in [-0.1, -0.05) is 6.92 Å². The van der Waals surface area contributed by atoms with Crippen molar-refractivity contribution in [3.63, 3.8) is 0 Å². The van der Waals surface area contributed by atoms with Crippen LogP contribution in [0.15, 0.2) is 23.2 Å². The van der Waals surface area contributed by atoms with Gasteiger partial charge in [0.2, 0.25) is 0 Å². The standard InChI is InChI=1S/C15H22N2O3S/c1-3-15(10-18)8-11-4-6-13(15)17(11)14-7-5-12(9-16-14)21(2,19)20/h5,7,9,11,13,18H,3-4,6,8,10H2,1-2H3/t11-,13+,15-/m1/s1. The van der Waals surface area contributed by atoms with Crippen LogP contribution >= 0.6 is 0 Å². The van der Waals surface area contributed by atoms with Gasteiger partial charge in [0.1, 0.15) is 5.82 Å². The van der Waals surface area contributed by atoms with Gasteiger partial charge in [-0.25, -0.2) is 13.4 Å². The SMILES string of the molecule is CC[C@]1(CO)C[C@H]2CC[C@@H]1N2c1ccc(S(C)(=O)=O)cn1. The molecule has 2 fully saturated rings. The Morgan fingerprint density at radius 3 is 2.67 bits per heavy atom. The van der Waals surface area contributed by atoms with E-state index in [2.05, 4.69) is 16.8 Å². The van der Waals surface area contributed by atoms with Crippen LogP contribution in [0.25, 0.3) is 0 Å². The minimum absolute atomic E-state index is 0.0277. The summed E-state index contributed by atoms with van der Waals surface area (Å²) >= 11 is 0. The number of aliphatic hydroxyl groups excluding tert-OH is 1. The molecule has 2 aliphatic heterocycles. The summed E-state index contributed by atoms with van der Waals surface area (Å²) in [5, 5.41) is 9.83. The first-order valence-corrected chi connectivity index (χ1v) is 9.36. The van der Waals surface area contributed by atoms with E-state index in [4.69, 9.17) is 0 Å². The quantitative estimate of drug-likeness (QED) is 0.915. The first kappa shape index (κ1) is 14.8. The molecule has 116 valence electrons. The molecule has 6 heteroatoms. The van der Waals surface area contributed by atoms with Gasteiger partial charge in [0.15, 0.2) is 9.84 Å². The number of hydrogen-bond donors (Lipinski definition) is 1. The Kier molecular flexibility index (Phi) is 3.48. The summed E-state index contributed by atoms with van der Waals surface area (Å²) in [4.78, 5) is 6.92. The van der Waals surface area contributed by atoms with Crippen molar-refractivity contribution in [2.24, 2.45) is 5.41 Å². The van der Waals surface area contributed by atoms with Crippen LogP contribution in [-0.2, 0) is 9.84 Å². The van der Waals surface area contributed by atoms with Gasteiger partial charge in [-0.05, 0) is 37.8 Å². The fraction of sp³-hybridized carbons (Fsp3) is 0.667. The summed E-state index contributed by atoms with van der Waals surface area (Å²) in [6.45, 7) is 2.35. The zero-order valence-corrected chi connectivity index (χ0v) is 13.3.